The van der Waals surface area contributed by atoms with Gasteiger partial charge >= 0.3 is 6.03 Å². The van der Waals surface area contributed by atoms with Gasteiger partial charge in [-0.25, -0.2) is 4.79 Å². The molecule has 4 amide bonds. The highest BCUT2D eigenvalue weighted by Crippen LogP contribution is 2.23. The summed E-state index contributed by atoms with van der Waals surface area (Å²) in [6.07, 6.45) is 3.59. The highest BCUT2D eigenvalue weighted by molar-refractivity contribution is 8.00. The maximum Gasteiger partial charge on any atom is 0.321 e. The summed E-state index contributed by atoms with van der Waals surface area (Å²) < 4.78 is 1.92. The van der Waals surface area contributed by atoms with E-state index < -0.39 is 17.2 Å². The number of urea groups is 1. The molecular weight excluding hydrogens is 380 g/mol. The van der Waals surface area contributed by atoms with E-state index in [-0.39, 0.29) is 11.9 Å². The topological polar surface area (TPSA) is 109 Å². The largest absolute Gasteiger partial charge is 0.336 e. The van der Waals surface area contributed by atoms with Crippen molar-refractivity contribution in [3.63, 3.8) is 0 Å². The number of nitrogens with zero attached hydrogens (tertiary/aromatic N) is 4. The van der Waals surface area contributed by atoms with Crippen LogP contribution in [-0.4, -0.2) is 55.3 Å². The third-order valence-corrected chi connectivity index (χ3v) is 5.50. The van der Waals surface area contributed by atoms with Gasteiger partial charge in [-0.05, 0) is 40.5 Å². The number of nitrogens with one attached hydrogen (secondary N) is 2. The van der Waals surface area contributed by atoms with Crippen molar-refractivity contribution in [2.24, 2.45) is 0 Å². The van der Waals surface area contributed by atoms with Gasteiger partial charge in [0.15, 0.2) is 11.0 Å². The molecule has 0 bridgehead atoms. The van der Waals surface area contributed by atoms with Crippen molar-refractivity contribution < 1.29 is 14.4 Å². The van der Waals surface area contributed by atoms with Gasteiger partial charge in [0.05, 0.1) is 11.8 Å². The lowest BCUT2D eigenvalue weighted by molar-refractivity contribution is -0.131. The lowest BCUT2D eigenvalue weighted by atomic mass is 10.2. The van der Waals surface area contributed by atoms with Crippen molar-refractivity contribution >= 4 is 29.6 Å². The Hall–Kier alpha value is -2.10. The van der Waals surface area contributed by atoms with Gasteiger partial charge in [0.2, 0.25) is 11.8 Å². The third kappa shape index (κ3) is 6.22. The molecule has 1 aliphatic heterocycles. The number of hydrogen-bond donors (Lipinski definition) is 2. The minimum atomic E-state index is -0.514. The number of likely N-dealkylation sites (tertiary alicyclic amines) is 1. The van der Waals surface area contributed by atoms with Crippen molar-refractivity contribution in [3.8, 4) is 0 Å². The van der Waals surface area contributed by atoms with E-state index in [9.17, 15) is 14.4 Å². The number of imide groups is 1. The minimum Gasteiger partial charge on any atom is -0.336 e. The van der Waals surface area contributed by atoms with Gasteiger partial charge in [0, 0.05) is 25.6 Å². The van der Waals surface area contributed by atoms with Gasteiger partial charge in [-0.3, -0.25) is 14.9 Å². The second-order valence-electron chi connectivity index (χ2n) is 7.15. The zero-order valence-corrected chi connectivity index (χ0v) is 17.8. The highest BCUT2D eigenvalue weighted by atomic mass is 32.2. The normalized spacial score (nSPS) is 16.0. The summed E-state index contributed by atoms with van der Waals surface area (Å²) in [6.45, 7) is 9.14. The molecule has 1 fully saturated rings. The predicted molar refractivity (Wildman–Crippen MR) is 107 cm³/mol. The molecule has 10 heteroatoms. The Balaban J connectivity index is 2.01. The van der Waals surface area contributed by atoms with Crippen molar-refractivity contribution in [3.05, 3.63) is 5.82 Å². The van der Waals surface area contributed by atoms with E-state index in [1.54, 1.807) is 6.92 Å². The standard InChI is InChI=1S/C18H30N6O3S/c1-5-24-14(11-23-10-8-6-7-9-15(23)25)21-22-18(24)28-13(4)16(26)20-17(27)19-12(2)3/h12-13H,5-11H2,1-4H3,(H2,19,20,26,27)/t13-/m1/s1. The molecule has 156 valence electrons. The van der Waals surface area contributed by atoms with Crippen LogP contribution in [0.4, 0.5) is 4.79 Å². The monoisotopic (exact) mass is 410 g/mol. The quantitative estimate of drug-likeness (QED) is 0.665. The Morgan fingerprint density at radius 1 is 1.18 bits per heavy atom. The van der Waals surface area contributed by atoms with Crippen LogP contribution in [0.25, 0.3) is 0 Å². The first-order valence-electron chi connectivity index (χ1n) is 9.79. The van der Waals surface area contributed by atoms with Crippen LogP contribution in [0.1, 0.15) is 59.2 Å². The Labute approximate surface area is 170 Å². The molecule has 1 aromatic heterocycles. The van der Waals surface area contributed by atoms with Crippen LogP contribution < -0.4 is 10.6 Å². The summed E-state index contributed by atoms with van der Waals surface area (Å²) in [5, 5.41) is 13.5. The van der Waals surface area contributed by atoms with Crippen LogP contribution in [0, 0.1) is 0 Å². The zero-order valence-electron chi connectivity index (χ0n) is 17.0. The molecule has 1 aliphatic rings. The lowest BCUT2D eigenvalue weighted by Gasteiger charge is -2.20. The average molecular weight is 411 g/mol. The maximum atomic E-state index is 12.2. The van der Waals surface area contributed by atoms with Crippen molar-refractivity contribution in [1.82, 2.24) is 30.3 Å². The average Bonchev–Trinajstić information content (AvgIpc) is 2.88. The molecule has 0 saturated carbocycles. The second kappa shape index (κ2) is 10.4. The molecule has 1 atom stereocenters. The number of amides is 4. The van der Waals surface area contributed by atoms with Crippen LogP contribution in [-0.2, 0) is 22.7 Å². The van der Waals surface area contributed by atoms with Crippen LogP contribution in [0.2, 0.25) is 0 Å². The Bertz CT molecular complexity index is 705. The minimum absolute atomic E-state index is 0.0526. The first-order chi connectivity index (χ1) is 13.3. The summed E-state index contributed by atoms with van der Waals surface area (Å²) in [6, 6.07) is -0.562. The van der Waals surface area contributed by atoms with Gasteiger partial charge in [-0.2, -0.15) is 0 Å². The molecular formula is C18H30N6O3S. The summed E-state index contributed by atoms with van der Waals surface area (Å²) >= 11 is 1.25. The summed E-state index contributed by atoms with van der Waals surface area (Å²) in [4.78, 5) is 38.0. The van der Waals surface area contributed by atoms with E-state index in [2.05, 4.69) is 20.8 Å². The maximum absolute atomic E-state index is 12.2. The van der Waals surface area contributed by atoms with E-state index in [0.29, 0.717) is 30.5 Å². The Morgan fingerprint density at radius 2 is 1.93 bits per heavy atom. The number of aromatic nitrogens is 3. The zero-order chi connectivity index (χ0) is 20.7. The first kappa shape index (κ1) is 22.2. The van der Waals surface area contributed by atoms with Crippen LogP contribution in [0.5, 0.6) is 0 Å². The van der Waals surface area contributed by atoms with Crippen molar-refractivity contribution in [2.45, 2.75) is 82.9 Å². The molecule has 0 spiro atoms. The van der Waals surface area contributed by atoms with Gasteiger partial charge in [-0.15, -0.1) is 10.2 Å². The van der Waals surface area contributed by atoms with E-state index in [0.717, 1.165) is 25.8 Å². The van der Waals surface area contributed by atoms with E-state index in [1.807, 2.05) is 30.2 Å². The van der Waals surface area contributed by atoms with E-state index in [4.69, 9.17) is 0 Å². The molecule has 1 saturated heterocycles. The molecule has 28 heavy (non-hydrogen) atoms. The molecule has 2 N–H and O–H groups in total. The molecule has 0 aliphatic carbocycles. The number of thioether (sulfide) groups is 1. The molecule has 9 nitrogen and oxygen atoms in total. The van der Waals surface area contributed by atoms with Gasteiger partial charge in [0.25, 0.3) is 0 Å². The summed E-state index contributed by atoms with van der Waals surface area (Å²) in [7, 11) is 0. The second-order valence-corrected chi connectivity index (χ2v) is 8.45. The summed E-state index contributed by atoms with van der Waals surface area (Å²) in [5.74, 6) is 0.477. The number of rotatable bonds is 7. The van der Waals surface area contributed by atoms with Gasteiger partial charge in [-0.1, -0.05) is 18.2 Å². The number of carbonyl (C=O) groups excluding carboxylic acids is 3. The predicted octanol–water partition coefficient (Wildman–Crippen LogP) is 1.92. The SMILES string of the molecule is CCn1c(CN2CCCCCC2=O)nnc1S[C@H](C)C(=O)NC(=O)NC(C)C. The smallest absolute Gasteiger partial charge is 0.321 e. The first-order valence-corrected chi connectivity index (χ1v) is 10.7. The molecule has 2 rings (SSSR count). The fourth-order valence-corrected chi connectivity index (χ4v) is 3.87. The van der Waals surface area contributed by atoms with Crippen molar-refractivity contribution in [2.75, 3.05) is 6.54 Å². The van der Waals surface area contributed by atoms with Crippen LogP contribution in [0.3, 0.4) is 0 Å². The van der Waals surface area contributed by atoms with E-state index in [1.165, 1.54) is 11.8 Å². The third-order valence-electron chi connectivity index (χ3n) is 4.42. The molecule has 0 aromatic carbocycles. The Morgan fingerprint density at radius 3 is 2.61 bits per heavy atom. The lowest BCUT2D eigenvalue weighted by Crippen LogP contribution is -2.45. The molecule has 0 radical (unpaired) electrons. The Kier molecular flexibility index (Phi) is 8.28. The van der Waals surface area contributed by atoms with Gasteiger partial charge in [0.1, 0.15) is 0 Å². The molecule has 1 aromatic rings. The van der Waals surface area contributed by atoms with Gasteiger partial charge < -0.3 is 14.8 Å². The number of hydrogen-bond acceptors (Lipinski definition) is 6. The van der Waals surface area contributed by atoms with Crippen molar-refractivity contribution in [1.29, 1.82) is 0 Å². The summed E-state index contributed by atoms with van der Waals surface area (Å²) in [5.41, 5.74) is 0. The number of carbonyl (C=O) groups is 3. The highest BCUT2D eigenvalue weighted by Gasteiger charge is 2.23. The fraction of sp³-hybridized carbons (Fsp3) is 0.722. The van der Waals surface area contributed by atoms with Crippen LogP contribution in [0.15, 0.2) is 5.16 Å². The molecule has 0 unspecified atom stereocenters. The fourth-order valence-electron chi connectivity index (χ4n) is 2.94. The molecule has 2 heterocycles. The van der Waals surface area contributed by atoms with E-state index >= 15 is 0 Å². The van der Waals surface area contributed by atoms with Crippen LogP contribution >= 0.6 is 11.8 Å².